The second kappa shape index (κ2) is 5.83. The molecule has 1 saturated carbocycles. The van der Waals surface area contributed by atoms with Gasteiger partial charge >= 0.3 is 0 Å². The maximum atomic E-state index is 13.3. The first-order chi connectivity index (χ1) is 12.0. The Morgan fingerprint density at radius 3 is 2.80 bits per heavy atom. The number of rotatable bonds is 3. The third-order valence-corrected chi connectivity index (χ3v) is 6.06. The molecule has 0 bridgehead atoms. The lowest BCUT2D eigenvalue weighted by Gasteiger charge is -2.41. The number of halogens is 1. The van der Waals surface area contributed by atoms with Gasteiger partial charge in [0.15, 0.2) is 0 Å². The van der Waals surface area contributed by atoms with Crippen molar-refractivity contribution in [3.63, 3.8) is 0 Å². The van der Waals surface area contributed by atoms with E-state index in [1.807, 2.05) is 6.08 Å². The first-order valence-corrected chi connectivity index (χ1v) is 8.83. The van der Waals surface area contributed by atoms with Crippen LogP contribution in [0.3, 0.4) is 0 Å². The number of hydrogen-bond acceptors (Lipinski definition) is 2. The molecule has 0 amide bonds. The van der Waals surface area contributed by atoms with Crippen LogP contribution in [0.25, 0.3) is 0 Å². The van der Waals surface area contributed by atoms with Crippen molar-refractivity contribution >= 4 is 12.0 Å². The molecule has 2 atom stereocenters. The number of carbonyl (C=O) groups is 1. The lowest BCUT2D eigenvalue weighted by atomic mass is 9.68. The normalized spacial score (nSPS) is 27.9. The van der Waals surface area contributed by atoms with Gasteiger partial charge in [0, 0.05) is 23.5 Å². The van der Waals surface area contributed by atoms with Crippen LogP contribution in [0.1, 0.15) is 32.6 Å². The summed E-state index contributed by atoms with van der Waals surface area (Å²) in [4.78, 5) is 13.2. The van der Waals surface area contributed by atoms with Crippen molar-refractivity contribution in [2.75, 3.05) is 4.90 Å². The molecule has 4 rings (SSSR count). The van der Waals surface area contributed by atoms with E-state index in [9.17, 15) is 9.18 Å². The van der Waals surface area contributed by atoms with Gasteiger partial charge in [-0.15, -0.1) is 0 Å². The number of aldehydes is 1. The van der Waals surface area contributed by atoms with Gasteiger partial charge in [-0.05, 0) is 72.6 Å². The van der Waals surface area contributed by atoms with Crippen LogP contribution in [0.5, 0.6) is 0 Å². The van der Waals surface area contributed by atoms with Crippen molar-refractivity contribution in [1.82, 2.24) is 0 Å². The monoisotopic (exact) mass is 335 g/mol. The van der Waals surface area contributed by atoms with Crippen LogP contribution in [-0.2, 0) is 4.79 Å². The van der Waals surface area contributed by atoms with E-state index in [0.29, 0.717) is 12.3 Å². The minimum atomic E-state index is -0.238. The summed E-state index contributed by atoms with van der Waals surface area (Å²) >= 11 is 0. The number of benzene rings is 1. The molecule has 0 N–H and O–H groups in total. The van der Waals surface area contributed by atoms with Gasteiger partial charge in [-0.3, -0.25) is 0 Å². The SMILES string of the molecule is C=C1C=CC2=C(C=C3CC[C@H](CC=O)C3(C)C2)N1c1ccc(F)cc1. The van der Waals surface area contributed by atoms with E-state index in [-0.39, 0.29) is 11.2 Å². The number of allylic oxidation sites excluding steroid dienone is 5. The highest BCUT2D eigenvalue weighted by Gasteiger charge is 2.45. The van der Waals surface area contributed by atoms with Crippen molar-refractivity contribution in [2.45, 2.75) is 32.6 Å². The third kappa shape index (κ3) is 2.50. The van der Waals surface area contributed by atoms with Gasteiger partial charge in [0.25, 0.3) is 0 Å². The van der Waals surface area contributed by atoms with E-state index in [1.165, 1.54) is 23.3 Å². The highest BCUT2D eigenvalue weighted by Crippen LogP contribution is 2.56. The van der Waals surface area contributed by atoms with E-state index in [1.54, 1.807) is 12.1 Å². The second-order valence-electron chi connectivity index (χ2n) is 7.45. The summed E-state index contributed by atoms with van der Waals surface area (Å²) in [5.74, 6) is 0.182. The van der Waals surface area contributed by atoms with Crippen molar-refractivity contribution in [3.8, 4) is 0 Å². The third-order valence-electron chi connectivity index (χ3n) is 6.06. The van der Waals surface area contributed by atoms with Gasteiger partial charge < -0.3 is 9.69 Å². The fraction of sp³-hybridized carbons (Fsp3) is 0.318. The molecule has 1 fully saturated rings. The van der Waals surface area contributed by atoms with Crippen LogP contribution in [0, 0.1) is 17.2 Å². The number of nitrogens with zero attached hydrogens (tertiary/aromatic N) is 1. The molecule has 0 saturated heterocycles. The molecule has 2 aliphatic carbocycles. The van der Waals surface area contributed by atoms with Crippen LogP contribution in [0.2, 0.25) is 0 Å². The zero-order chi connectivity index (χ0) is 17.6. The van der Waals surface area contributed by atoms with Gasteiger partial charge in [-0.2, -0.15) is 0 Å². The van der Waals surface area contributed by atoms with Crippen molar-refractivity contribution in [1.29, 1.82) is 0 Å². The summed E-state index contributed by atoms with van der Waals surface area (Å²) in [7, 11) is 0. The minimum Gasteiger partial charge on any atom is -0.311 e. The van der Waals surface area contributed by atoms with Crippen LogP contribution >= 0.6 is 0 Å². The van der Waals surface area contributed by atoms with Gasteiger partial charge in [0.05, 0.1) is 0 Å². The Kier molecular flexibility index (Phi) is 3.75. The maximum Gasteiger partial charge on any atom is 0.123 e. The Hall–Kier alpha value is -2.42. The van der Waals surface area contributed by atoms with Crippen LogP contribution in [-0.4, -0.2) is 6.29 Å². The molecule has 0 aromatic heterocycles. The Balaban J connectivity index is 1.75. The van der Waals surface area contributed by atoms with Gasteiger partial charge in [0.2, 0.25) is 0 Å². The molecule has 3 heteroatoms. The summed E-state index contributed by atoms with van der Waals surface area (Å²) in [5.41, 5.74) is 5.70. The van der Waals surface area contributed by atoms with E-state index in [2.05, 4.69) is 30.6 Å². The van der Waals surface area contributed by atoms with E-state index in [0.717, 1.165) is 42.6 Å². The Labute approximate surface area is 148 Å². The lowest BCUT2D eigenvalue weighted by Crippen LogP contribution is -2.32. The highest BCUT2D eigenvalue weighted by atomic mass is 19.1. The van der Waals surface area contributed by atoms with Crippen molar-refractivity contribution < 1.29 is 9.18 Å². The van der Waals surface area contributed by atoms with Crippen LogP contribution in [0.15, 0.2) is 71.6 Å². The summed E-state index contributed by atoms with van der Waals surface area (Å²) in [5, 5.41) is 0. The highest BCUT2D eigenvalue weighted by molar-refractivity contribution is 5.68. The van der Waals surface area contributed by atoms with Crippen LogP contribution in [0.4, 0.5) is 10.1 Å². The molecule has 3 aliphatic rings. The number of fused-ring (bicyclic) bond motifs is 1. The van der Waals surface area contributed by atoms with Gasteiger partial charge in [0.1, 0.15) is 12.1 Å². The Bertz CT molecular complexity index is 830. The molecular formula is C22H22FNO. The molecule has 1 aromatic rings. The van der Waals surface area contributed by atoms with Crippen molar-refractivity contribution in [2.24, 2.45) is 11.3 Å². The largest absolute Gasteiger partial charge is 0.311 e. The maximum absolute atomic E-state index is 13.3. The molecule has 0 radical (unpaired) electrons. The number of anilines is 1. The fourth-order valence-electron chi connectivity index (χ4n) is 4.60. The topological polar surface area (TPSA) is 20.3 Å². The zero-order valence-electron chi connectivity index (χ0n) is 14.5. The molecule has 1 aromatic carbocycles. The van der Waals surface area contributed by atoms with Gasteiger partial charge in [-0.1, -0.05) is 25.2 Å². The van der Waals surface area contributed by atoms with E-state index < -0.39 is 0 Å². The molecule has 1 heterocycles. The first-order valence-electron chi connectivity index (χ1n) is 8.83. The van der Waals surface area contributed by atoms with Gasteiger partial charge in [-0.25, -0.2) is 4.39 Å². The fourth-order valence-corrected chi connectivity index (χ4v) is 4.60. The van der Waals surface area contributed by atoms with Crippen molar-refractivity contribution in [3.05, 3.63) is 77.4 Å². The number of carbonyl (C=O) groups excluding carboxylic acids is 1. The Morgan fingerprint density at radius 1 is 1.32 bits per heavy atom. The smallest absolute Gasteiger partial charge is 0.123 e. The molecule has 2 nitrogen and oxygen atoms in total. The predicted molar refractivity (Wildman–Crippen MR) is 98.4 cm³/mol. The summed E-state index contributed by atoms with van der Waals surface area (Å²) in [6.45, 7) is 6.46. The van der Waals surface area contributed by atoms with E-state index in [4.69, 9.17) is 0 Å². The van der Waals surface area contributed by atoms with Crippen LogP contribution < -0.4 is 4.90 Å². The first kappa shape index (κ1) is 16.1. The summed E-state index contributed by atoms with van der Waals surface area (Å²) < 4.78 is 13.3. The summed E-state index contributed by atoms with van der Waals surface area (Å²) in [6.07, 6.45) is 11.2. The molecule has 128 valence electrons. The molecular weight excluding hydrogens is 313 g/mol. The average molecular weight is 335 g/mol. The molecule has 1 aliphatic heterocycles. The standard InChI is InChI=1S/C22H22FNO/c1-15-3-4-16-14-22(2)17(11-12-25)5-6-18(22)13-21(16)24(15)20-9-7-19(23)8-10-20/h3-4,7-10,12-13,17H,1,5-6,11,14H2,2H3/t17-,22?/m1/s1. The van der Waals surface area contributed by atoms with E-state index >= 15 is 0 Å². The quantitative estimate of drug-likeness (QED) is 0.698. The lowest BCUT2D eigenvalue weighted by molar-refractivity contribution is -0.109. The zero-order valence-corrected chi connectivity index (χ0v) is 14.5. The molecule has 25 heavy (non-hydrogen) atoms. The number of hydrogen-bond donors (Lipinski definition) is 0. The average Bonchev–Trinajstić information content (AvgIpc) is 2.90. The molecule has 1 unspecified atom stereocenters. The Morgan fingerprint density at radius 2 is 2.08 bits per heavy atom. The second-order valence-corrected chi connectivity index (χ2v) is 7.45. The predicted octanol–water partition coefficient (Wildman–Crippen LogP) is 5.31. The summed E-state index contributed by atoms with van der Waals surface area (Å²) in [6, 6.07) is 6.55. The molecule has 0 spiro atoms. The minimum absolute atomic E-state index is 0.0667.